The Kier molecular flexibility index (Phi) is 9.46. The molecule has 4 aliphatic carbocycles. The summed E-state index contributed by atoms with van der Waals surface area (Å²) in [6.45, 7) is 12.9. The number of aliphatic hydroxyl groups excluding tert-OH is 1. The summed E-state index contributed by atoms with van der Waals surface area (Å²) in [5, 5.41) is 11.1. The second kappa shape index (κ2) is 12.2. The molecule has 0 radical (unpaired) electrons. The second-order valence-electron chi connectivity index (χ2n) is 13.7. The van der Waals surface area contributed by atoms with E-state index in [1.54, 1.807) is 6.92 Å². The zero-order valence-corrected chi connectivity index (χ0v) is 25.9. The van der Waals surface area contributed by atoms with Gasteiger partial charge in [-0.05, 0) is 86.9 Å². The minimum atomic E-state index is -0.876. The number of aliphatic hydroxyl groups is 1. The molecule has 0 bridgehead atoms. The fourth-order valence-corrected chi connectivity index (χ4v) is 9.89. The summed E-state index contributed by atoms with van der Waals surface area (Å²) in [7, 11) is 0. The summed E-state index contributed by atoms with van der Waals surface area (Å²) < 4.78 is 23.0. The zero-order valence-electron chi connectivity index (χ0n) is 25.9. The van der Waals surface area contributed by atoms with E-state index in [2.05, 4.69) is 13.8 Å². The van der Waals surface area contributed by atoms with Crippen molar-refractivity contribution < 1.29 is 43.2 Å². The van der Waals surface area contributed by atoms with E-state index in [0.29, 0.717) is 12.8 Å². The number of fused-ring (bicyclic) bond motifs is 5. The molecule has 4 aliphatic rings. The fourth-order valence-electron chi connectivity index (χ4n) is 9.89. The van der Waals surface area contributed by atoms with E-state index < -0.39 is 17.5 Å². The van der Waals surface area contributed by atoms with Gasteiger partial charge in [0.1, 0.15) is 18.3 Å². The van der Waals surface area contributed by atoms with E-state index in [-0.39, 0.29) is 90.2 Å². The first kappa shape index (κ1) is 31.8. The van der Waals surface area contributed by atoms with E-state index in [1.165, 1.54) is 20.8 Å². The molecular formula is C32H50O9. The van der Waals surface area contributed by atoms with Crippen molar-refractivity contribution in [3.63, 3.8) is 0 Å². The molecule has 0 aliphatic heterocycles. The number of ether oxygens (including phenoxy) is 4. The molecule has 12 atom stereocenters. The number of carbonyl (C=O) groups is 4. The summed E-state index contributed by atoms with van der Waals surface area (Å²) in [5.74, 6) is -0.982. The average Bonchev–Trinajstić information content (AvgIpc) is 3.22. The number of esters is 4. The number of rotatable bonds is 8. The maximum atomic E-state index is 12.5. The smallest absolute Gasteiger partial charge is 0.308 e. The van der Waals surface area contributed by atoms with Crippen molar-refractivity contribution in [2.75, 3.05) is 6.61 Å². The Morgan fingerprint density at radius 1 is 0.878 bits per heavy atom. The Balaban J connectivity index is 1.70. The SMILES string of the molecule is CCOC(=O)C[C@@H](O)[C@@H](C)[C@H]1CC[C@H]2[C@@H]3[C@H](OC(C)=O)CC4C[C@H](OC(C)=O)CC[C@]4(C)[C@H]3C[C@H](OC(C)=O)[C@]12C. The van der Waals surface area contributed by atoms with Gasteiger partial charge >= 0.3 is 23.9 Å². The van der Waals surface area contributed by atoms with E-state index >= 15 is 0 Å². The van der Waals surface area contributed by atoms with Crippen LogP contribution in [0.4, 0.5) is 0 Å². The first-order valence-electron chi connectivity index (χ1n) is 15.6. The largest absolute Gasteiger partial charge is 0.466 e. The van der Waals surface area contributed by atoms with Crippen LogP contribution in [0.15, 0.2) is 0 Å². The van der Waals surface area contributed by atoms with Crippen LogP contribution in [0.2, 0.25) is 0 Å². The molecule has 1 N–H and O–H groups in total. The monoisotopic (exact) mass is 578 g/mol. The van der Waals surface area contributed by atoms with Crippen LogP contribution in [0.5, 0.6) is 0 Å². The van der Waals surface area contributed by atoms with Crippen molar-refractivity contribution in [2.45, 2.75) is 124 Å². The molecule has 9 nitrogen and oxygen atoms in total. The van der Waals surface area contributed by atoms with Crippen molar-refractivity contribution in [2.24, 2.45) is 46.3 Å². The maximum absolute atomic E-state index is 12.5. The van der Waals surface area contributed by atoms with Crippen molar-refractivity contribution in [1.82, 2.24) is 0 Å². The minimum Gasteiger partial charge on any atom is -0.466 e. The van der Waals surface area contributed by atoms with Gasteiger partial charge < -0.3 is 24.1 Å². The summed E-state index contributed by atoms with van der Waals surface area (Å²) in [6, 6.07) is 0. The van der Waals surface area contributed by atoms with Crippen LogP contribution < -0.4 is 0 Å². The van der Waals surface area contributed by atoms with E-state index in [9.17, 15) is 24.3 Å². The third-order valence-electron chi connectivity index (χ3n) is 11.6. The standard InChI is InChI=1S/C32H50O9/c1-8-38-29(37)16-26(36)17(2)23-9-10-24-30-25(15-28(32(23,24)7)41-20(5)35)31(6)12-11-22(39-18(3)33)13-21(31)14-27(30)40-19(4)34/h17,21-28,30,36H,8-16H2,1-7H3/t17-,21?,22+,23+,24-,25-,26+,27+,28-,30-,31-,32+/m0/s1. The van der Waals surface area contributed by atoms with Gasteiger partial charge in [0.05, 0.1) is 19.1 Å². The molecule has 1 unspecified atom stereocenters. The molecule has 0 spiro atoms. The molecule has 4 rings (SSSR count). The number of carbonyl (C=O) groups excluding carboxylic acids is 4. The zero-order chi connectivity index (χ0) is 30.3. The highest BCUT2D eigenvalue weighted by atomic mass is 16.6. The molecule has 9 heteroatoms. The summed E-state index contributed by atoms with van der Waals surface area (Å²) in [6.07, 6.45) is 3.72. The lowest BCUT2D eigenvalue weighted by Gasteiger charge is -2.64. The van der Waals surface area contributed by atoms with Crippen LogP contribution in [0.3, 0.4) is 0 Å². The van der Waals surface area contributed by atoms with E-state index in [0.717, 1.165) is 32.1 Å². The van der Waals surface area contributed by atoms with E-state index in [4.69, 9.17) is 18.9 Å². The second-order valence-corrected chi connectivity index (χ2v) is 13.7. The quantitative estimate of drug-likeness (QED) is 0.325. The van der Waals surface area contributed by atoms with Crippen molar-refractivity contribution in [3.8, 4) is 0 Å². The van der Waals surface area contributed by atoms with Crippen molar-refractivity contribution in [3.05, 3.63) is 0 Å². The Bertz CT molecular complexity index is 1010. The molecule has 41 heavy (non-hydrogen) atoms. The molecular weight excluding hydrogens is 528 g/mol. The topological polar surface area (TPSA) is 125 Å². The Hall–Kier alpha value is -2.16. The third kappa shape index (κ3) is 6.02. The first-order chi connectivity index (χ1) is 19.2. The van der Waals surface area contributed by atoms with Crippen molar-refractivity contribution >= 4 is 23.9 Å². The predicted octanol–water partition coefficient (Wildman–Crippen LogP) is 4.61. The van der Waals surface area contributed by atoms with Crippen LogP contribution in [0, 0.1) is 46.3 Å². The van der Waals surface area contributed by atoms with Crippen LogP contribution >= 0.6 is 0 Å². The average molecular weight is 579 g/mol. The van der Waals surface area contributed by atoms with Gasteiger partial charge in [0.15, 0.2) is 0 Å². The van der Waals surface area contributed by atoms with Crippen LogP contribution in [-0.2, 0) is 38.1 Å². The van der Waals surface area contributed by atoms with Gasteiger partial charge in [0, 0.05) is 32.1 Å². The molecule has 0 saturated heterocycles. The van der Waals surface area contributed by atoms with Gasteiger partial charge in [0.25, 0.3) is 0 Å². The van der Waals surface area contributed by atoms with Gasteiger partial charge in [-0.25, -0.2) is 0 Å². The first-order valence-corrected chi connectivity index (χ1v) is 15.6. The van der Waals surface area contributed by atoms with Crippen LogP contribution in [-0.4, -0.2) is 60.0 Å². The van der Waals surface area contributed by atoms with Crippen LogP contribution in [0.1, 0.15) is 99.8 Å². The molecule has 0 amide bonds. The van der Waals surface area contributed by atoms with Crippen LogP contribution in [0.25, 0.3) is 0 Å². The molecule has 4 saturated carbocycles. The molecule has 0 aromatic heterocycles. The lowest BCUT2D eigenvalue weighted by atomic mass is 9.43. The molecule has 0 aromatic carbocycles. The highest BCUT2D eigenvalue weighted by molar-refractivity contribution is 5.70. The predicted molar refractivity (Wildman–Crippen MR) is 149 cm³/mol. The lowest BCUT2D eigenvalue weighted by molar-refractivity contribution is -0.225. The molecule has 4 fully saturated rings. The molecule has 0 aromatic rings. The van der Waals surface area contributed by atoms with Crippen molar-refractivity contribution in [1.29, 1.82) is 0 Å². The highest BCUT2D eigenvalue weighted by Gasteiger charge is 2.68. The highest BCUT2D eigenvalue weighted by Crippen LogP contribution is 2.69. The number of hydrogen-bond acceptors (Lipinski definition) is 9. The van der Waals surface area contributed by atoms with E-state index in [1.807, 2.05) is 6.92 Å². The summed E-state index contributed by atoms with van der Waals surface area (Å²) >= 11 is 0. The Morgan fingerprint density at radius 3 is 2.15 bits per heavy atom. The summed E-state index contributed by atoms with van der Waals surface area (Å²) in [5.41, 5.74) is -0.538. The lowest BCUT2D eigenvalue weighted by Crippen LogP contribution is -2.63. The summed E-state index contributed by atoms with van der Waals surface area (Å²) in [4.78, 5) is 48.8. The minimum absolute atomic E-state index is 0.00503. The van der Waals surface area contributed by atoms with Gasteiger partial charge in [-0.15, -0.1) is 0 Å². The van der Waals surface area contributed by atoms with Gasteiger partial charge in [-0.3, -0.25) is 19.2 Å². The van der Waals surface area contributed by atoms with Gasteiger partial charge in [-0.2, -0.15) is 0 Å². The Morgan fingerprint density at radius 2 is 1.54 bits per heavy atom. The number of hydrogen-bond donors (Lipinski definition) is 1. The Labute approximate surface area is 244 Å². The maximum Gasteiger partial charge on any atom is 0.308 e. The third-order valence-corrected chi connectivity index (χ3v) is 11.6. The fraction of sp³-hybridized carbons (Fsp3) is 0.875. The normalized spacial score (nSPS) is 41.1. The molecule has 232 valence electrons. The van der Waals surface area contributed by atoms with Gasteiger partial charge in [0.2, 0.25) is 0 Å². The molecule has 0 heterocycles. The van der Waals surface area contributed by atoms with Gasteiger partial charge in [-0.1, -0.05) is 20.8 Å².